The number of amides is 2. The quantitative estimate of drug-likeness (QED) is 0.354. The Labute approximate surface area is 229 Å². The zero-order valence-corrected chi connectivity index (χ0v) is 22.7. The van der Waals surface area contributed by atoms with Gasteiger partial charge in [-0.25, -0.2) is 8.42 Å². The molecule has 1 aliphatic rings. The maximum atomic E-state index is 13.8. The van der Waals surface area contributed by atoms with E-state index in [2.05, 4.69) is 5.32 Å². The summed E-state index contributed by atoms with van der Waals surface area (Å²) in [5, 5.41) is 2.98. The molecule has 1 aliphatic carbocycles. The molecule has 0 atom stereocenters. The zero-order chi connectivity index (χ0) is 28.0. The second-order valence-electron chi connectivity index (χ2n) is 9.73. The predicted octanol–water partition coefficient (Wildman–Crippen LogP) is 3.04. The number of benzene rings is 3. The molecule has 2 amide bonds. The highest BCUT2D eigenvalue weighted by atomic mass is 32.2. The van der Waals surface area contributed by atoms with Crippen LogP contribution in [0.4, 0.5) is 0 Å². The Morgan fingerprint density at radius 1 is 0.949 bits per heavy atom. The highest BCUT2D eigenvalue weighted by Crippen LogP contribution is 2.27. The van der Waals surface area contributed by atoms with Crippen LogP contribution in [0.15, 0.2) is 77.7 Å². The van der Waals surface area contributed by atoms with Gasteiger partial charge in [0, 0.05) is 29.8 Å². The number of sulfonamides is 1. The molecule has 0 heterocycles. The van der Waals surface area contributed by atoms with Crippen molar-refractivity contribution in [3.8, 4) is 16.9 Å². The van der Waals surface area contributed by atoms with E-state index in [9.17, 15) is 18.0 Å². The molecule has 10 heteroatoms. The van der Waals surface area contributed by atoms with Gasteiger partial charge in [0.15, 0.2) is 0 Å². The van der Waals surface area contributed by atoms with Crippen molar-refractivity contribution in [2.24, 2.45) is 11.5 Å². The van der Waals surface area contributed by atoms with Gasteiger partial charge in [0.2, 0.25) is 21.8 Å². The number of primary amides is 1. The van der Waals surface area contributed by atoms with Crippen LogP contribution in [0.2, 0.25) is 0 Å². The third-order valence-corrected chi connectivity index (χ3v) is 8.77. The number of carbonyl (C=O) groups is 2. The van der Waals surface area contributed by atoms with Crippen molar-refractivity contribution < 1.29 is 22.7 Å². The van der Waals surface area contributed by atoms with Crippen molar-refractivity contribution in [1.29, 1.82) is 0 Å². The van der Waals surface area contributed by atoms with Gasteiger partial charge in [-0.1, -0.05) is 42.5 Å². The van der Waals surface area contributed by atoms with Crippen LogP contribution >= 0.6 is 0 Å². The molecule has 0 unspecified atom stereocenters. The van der Waals surface area contributed by atoms with E-state index in [0.717, 1.165) is 41.1 Å². The number of hydrogen-bond donors (Lipinski definition) is 3. The molecule has 0 saturated heterocycles. The summed E-state index contributed by atoms with van der Waals surface area (Å²) in [5.74, 6) is -0.379. The molecular formula is C29H34N4O5S. The van der Waals surface area contributed by atoms with Crippen LogP contribution in [0.25, 0.3) is 11.1 Å². The highest BCUT2D eigenvalue weighted by Gasteiger charge is 2.29. The van der Waals surface area contributed by atoms with Gasteiger partial charge in [0.05, 0.1) is 18.6 Å². The van der Waals surface area contributed by atoms with Gasteiger partial charge in [-0.3, -0.25) is 9.59 Å². The largest absolute Gasteiger partial charge is 0.496 e. The van der Waals surface area contributed by atoms with E-state index >= 15 is 0 Å². The van der Waals surface area contributed by atoms with Crippen molar-refractivity contribution in [3.63, 3.8) is 0 Å². The molecular weight excluding hydrogens is 516 g/mol. The lowest BCUT2D eigenvalue weighted by atomic mass is 9.92. The Morgan fingerprint density at radius 3 is 2.31 bits per heavy atom. The molecule has 0 radical (unpaired) electrons. The normalized spacial score (nSPS) is 17.5. The van der Waals surface area contributed by atoms with E-state index in [1.165, 1.54) is 19.2 Å². The first-order chi connectivity index (χ1) is 18.7. The van der Waals surface area contributed by atoms with Crippen molar-refractivity contribution in [2.75, 3.05) is 13.7 Å². The summed E-state index contributed by atoms with van der Waals surface area (Å²) in [4.78, 5) is 24.6. The van der Waals surface area contributed by atoms with Crippen molar-refractivity contribution in [2.45, 2.75) is 49.2 Å². The lowest BCUT2D eigenvalue weighted by Crippen LogP contribution is -2.46. The van der Waals surface area contributed by atoms with Crippen molar-refractivity contribution in [3.05, 3.63) is 83.9 Å². The number of nitrogens with one attached hydrogen (secondary N) is 1. The Balaban J connectivity index is 1.59. The Kier molecular flexibility index (Phi) is 9.01. The van der Waals surface area contributed by atoms with Gasteiger partial charge in [-0.15, -0.1) is 0 Å². The summed E-state index contributed by atoms with van der Waals surface area (Å²) in [6.07, 6.45) is 3.18. The summed E-state index contributed by atoms with van der Waals surface area (Å²) >= 11 is 0. The lowest BCUT2D eigenvalue weighted by molar-refractivity contribution is -0.122. The molecule has 0 bridgehead atoms. The topological polar surface area (TPSA) is 145 Å². The van der Waals surface area contributed by atoms with Gasteiger partial charge in [0.25, 0.3) is 0 Å². The maximum Gasteiger partial charge on any atom is 0.248 e. The molecule has 4 rings (SSSR count). The average molecular weight is 551 g/mol. The van der Waals surface area contributed by atoms with Crippen LogP contribution in [-0.4, -0.2) is 50.3 Å². The SMILES string of the molecule is COc1ccccc1CN(CC(=O)NC1CCC(N)CC1)S(=O)(=O)c1ccc(-c2cccc(C(N)=O)c2)cc1. The van der Waals surface area contributed by atoms with Gasteiger partial charge in [0.1, 0.15) is 5.75 Å². The zero-order valence-electron chi connectivity index (χ0n) is 21.9. The lowest BCUT2D eigenvalue weighted by Gasteiger charge is -2.28. The molecule has 0 aromatic heterocycles. The molecule has 9 nitrogen and oxygen atoms in total. The number of hydrogen-bond acceptors (Lipinski definition) is 6. The first-order valence-corrected chi connectivity index (χ1v) is 14.3. The number of carbonyl (C=O) groups excluding carboxylic acids is 2. The number of nitrogens with zero attached hydrogens (tertiary/aromatic N) is 1. The second-order valence-corrected chi connectivity index (χ2v) is 11.7. The summed E-state index contributed by atoms with van der Waals surface area (Å²) < 4.78 is 34.2. The summed E-state index contributed by atoms with van der Waals surface area (Å²) in [6.45, 7) is -0.386. The highest BCUT2D eigenvalue weighted by molar-refractivity contribution is 7.89. The van der Waals surface area contributed by atoms with Crippen LogP contribution < -0.4 is 21.5 Å². The van der Waals surface area contributed by atoms with E-state index in [0.29, 0.717) is 16.9 Å². The minimum atomic E-state index is -4.07. The van der Waals surface area contributed by atoms with Gasteiger partial charge in [-0.2, -0.15) is 4.31 Å². The third-order valence-electron chi connectivity index (χ3n) is 6.97. The summed E-state index contributed by atoms with van der Waals surface area (Å²) in [5.41, 5.74) is 13.8. The smallest absolute Gasteiger partial charge is 0.248 e. The predicted molar refractivity (Wildman–Crippen MR) is 149 cm³/mol. The second kappa shape index (κ2) is 12.4. The fourth-order valence-corrected chi connectivity index (χ4v) is 6.14. The average Bonchev–Trinajstić information content (AvgIpc) is 2.94. The molecule has 206 valence electrons. The van der Waals surface area contributed by atoms with Crippen molar-refractivity contribution >= 4 is 21.8 Å². The van der Waals surface area contributed by atoms with E-state index in [1.54, 1.807) is 54.6 Å². The first kappa shape index (κ1) is 28.3. The minimum Gasteiger partial charge on any atom is -0.496 e. The molecule has 39 heavy (non-hydrogen) atoms. The molecule has 5 N–H and O–H groups in total. The molecule has 1 saturated carbocycles. The van der Waals surface area contributed by atoms with Crippen LogP contribution in [0.3, 0.4) is 0 Å². The number of ether oxygens (including phenoxy) is 1. The van der Waals surface area contributed by atoms with E-state index < -0.39 is 15.9 Å². The molecule has 3 aromatic carbocycles. The Bertz CT molecular complexity index is 1420. The molecule has 0 aliphatic heterocycles. The van der Waals surface area contributed by atoms with E-state index in [1.807, 2.05) is 6.07 Å². The monoisotopic (exact) mass is 550 g/mol. The van der Waals surface area contributed by atoms with Crippen molar-refractivity contribution in [1.82, 2.24) is 9.62 Å². The Morgan fingerprint density at radius 2 is 1.64 bits per heavy atom. The number of rotatable bonds is 10. The minimum absolute atomic E-state index is 0.0245. The van der Waals surface area contributed by atoms with E-state index in [4.69, 9.17) is 16.2 Å². The summed E-state index contributed by atoms with van der Waals surface area (Å²) in [6, 6.07) is 20.4. The standard InChI is InChI=1S/C29H34N4O5S/c1-38-27-8-3-2-5-23(27)18-33(19-28(34)32-25-13-11-24(30)12-14-25)39(36,37)26-15-9-20(10-16-26)21-6-4-7-22(17-21)29(31)35/h2-10,15-17,24-25H,11-14,18-19,30H2,1H3,(H2,31,35)(H,32,34). The molecule has 1 fully saturated rings. The molecule has 0 spiro atoms. The van der Waals surface area contributed by atoms with Crippen LogP contribution in [0, 0.1) is 0 Å². The van der Waals surface area contributed by atoms with Gasteiger partial charge < -0.3 is 21.5 Å². The number of nitrogens with two attached hydrogens (primary N) is 2. The maximum absolute atomic E-state index is 13.8. The molecule has 3 aromatic rings. The van der Waals surface area contributed by atoms with Gasteiger partial charge >= 0.3 is 0 Å². The van der Waals surface area contributed by atoms with Crippen LogP contribution in [0.1, 0.15) is 41.6 Å². The third kappa shape index (κ3) is 7.03. The Hall–Kier alpha value is -3.73. The first-order valence-electron chi connectivity index (χ1n) is 12.8. The number of para-hydroxylation sites is 1. The fraction of sp³-hybridized carbons (Fsp3) is 0.310. The summed E-state index contributed by atoms with van der Waals surface area (Å²) in [7, 11) is -2.55. The van der Waals surface area contributed by atoms with Crippen LogP contribution in [0.5, 0.6) is 5.75 Å². The van der Waals surface area contributed by atoms with Crippen LogP contribution in [-0.2, 0) is 21.4 Å². The van der Waals surface area contributed by atoms with Gasteiger partial charge in [-0.05, 0) is 67.1 Å². The number of methoxy groups -OCH3 is 1. The fourth-order valence-electron chi connectivity index (χ4n) is 4.77. The van der Waals surface area contributed by atoms with E-state index in [-0.39, 0.29) is 36.0 Å².